The molecule has 202 valence electrons. The van der Waals surface area contributed by atoms with E-state index in [-0.39, 0.29) is 70.1 Å². The zero-order valence-electron chi connectivity index (χ0n) is 20.8. The number of anilines is 2. The molecule has 0 bridgehead atoms. The molecule has 12 heteroatoms. The number of benzene rings is 1. The standard InChI is InChI=1S/C25H35N5O6S/c31-12-2-16-37(34,35)25(9-14-36-15-10-25)21-17-22(26-11-13-32)30-23(29-21)18-5-7-20(8-6-18)28-24(33)27-19-3-1-4-19/h5-8,17,19,31-32H,1-4,9-16H2,(H,26,29,30)(H2,27,28,33). The summed E-state index contributed by atoms with van der Waals surface area (Å²) in [5.74, 6) is 0.567. The molecule has 2 aliphatic rings. The Bertz CT molecular complexity index is 1160. The van der Waals surface area contributed by atoms with Gasteiger partial charge in [-0.25, -0.2) is 23.2 Å². The maximum Gasteiger partial charge on any atom is 0.319 e. The fourth-order valence-electron chi connectivity index (χ4n) is 4.57. The van der Waals surface area contributed by atoms with Crippen LogP contribution in [-0.2, 0) is 19.3 Å². The van der Waals surface area contributed by atoms with E-state index in [9.17, 15) is 23.4 Å². The van der Waals surface area contributed by atoms with Crippen molar-refractivity contribution in [3.8, 4) is 11.4 Å². The summed E-state index contributed by atoms with van der Waals surface area (Å²) >= 11 is 0. The van der Waals surface area contributed by atoms with E-state index in [2.05, 4.69) is 20.9 Å². The minimum absolute atomic E-state index is 0.119. The minimum atomic E-state index is -3.69. The van der Waals surface area contributed by atoms with Gasteiger partial charge in [-0.2, -0.15) is 0 Å². The first-order chi connectivity index (χ1) is 17.9. The lowest BCUT2D eigenvalue weighted by molar-refractivity contribution is 0.0729. The lowest BCUT2D eigenvalue weighted by Gasteiger charge is -2.36. The third-order valence-electron chi connectivity index (χ3n) is 6.92. The van der Waals surface area contributed by atoms with Crippen molar-refractivity contribution in [3.05, 3.63) is 36.0 Å². The zero-order chi connectivity index (χ0) is 26.3. The van der Waals surface area contributed by atoms with Gasteiger partial charge in [0.05, 0.1) is 18.1 Å². The summed E-state index contributed by atoms with van der Waals surface area (Å²) in [6.07, 6.45) is 3.75. The number of carbonyl (C=O) groups excluding carboxylic acids is 1. The summed E-state index contributed by atoms with van der Waals surface area (Å²) in [4.78, 5) is 21.5. The molecule has 1 aliphatic carbocycles. The Morgan fingerprint density at radius 1 is 1.08 bits per heavy atom. The Hall–Kier alpha value is -2.80. The first kappa shape index (κ1) is 27.2. The van der Waals surface area contributed by atoms with E-state index >= 15 is 0 Å². The van der Waals surface area contributed by atoms with Gasteiger partial charge >= 0.3 is 6.03 Å². The third-order valence-corrected chi connectivity index (χ3v) is 9.55. The quantitative estimate of drug-likeness (QED) is 0.291. The van der Waals surface area contributed by atoms with E-state index < -0.39 is 14.6 Å². The number of aliphatic hydroxyl groups is 2. The Labute approximate surface area is 217 Å². The summed E-state index contributed by atoms with van der Waals surface area (Å²) in [5, 5.41) is 27.4. The van der Waals surface area contributed by atoms with Gasteiger partial charge < -0.3 is 30.9 Å². The molecule has 1 saturated carbocycles. The van der Waals surface area contributed by atoms with Gasteiger partial charge in [-0.15, -0.1) is 0 Å². The maximum absolute atomic E-state index is 13.6. The number of rotatable bonds is 11. The normalized spacial score (nSPS) is 17.6. The van der Waals surface area contributed by atoms with Crippen LogP contribution in [0.4, 0.5) is 16.3 Å². The smallest absolute Gasteiger partial charge is 0.319 e. The topological polar surface area (TPSA) is 163 Å². The number of aromatic nitrogens is 2. The van der Waals surface area contributed by atoms with Crippen molar-refractivity contribution < 1.29 is 28.2 Å². The largest absolute Gasteiger partial charge is 0.396 e. The van der Waals surface area contributed by atoms with E-state index in [0.29, 0.717) is 28.6 Å². The average molecular weight is 534 g/mol. The van der Waals surface area contributed by atoms with Crippen LogP contribution in [0.25, 0.3) is 11.4 Å². The molecule has 2 aromatic rings. The van der Waals surface area contributed by atoms with Crippen LogP contribution in [0.15, 0.2) is 30.3 Å². The van der Waals surface area contributed by atoms with Crippen LogP contribution >= 0.6 is 0 Å². The fraction of sp³-hybridized carbons (Fsp3) is 0.560. The molecule has 2 fully saturated rings. The van der Waals surface area contributed by atoms with E-state index in [1.165, 1.54) is 0 Å². The molecule has 4 rings (SSSR count). The van der Waals surface area contributed by atoms with Crippen molar-refractivity contribution >= 4 is 27.4 Å². The Kier molecular flexibility index (Phi) is 8.95. The van der Waals surface area contributed by atoms with Crippen LogP contribution in [0, 0.1) is 0 Å². The third kappa shape index (κ3) is 6.38. The van der Waals surface area contributed by atoms with Gasteiger partial charge in [0.1, 0.15) is 10.6 Å². The molecular weight excluding hydrogens is 498 g/mol. The summed E-state index contributed by atoms with van der Waals surface area (Å²) < 4.78 is 31.3. The summed E-state index contributed by atoms with van der Waals surface area (Å²) in [7, 11) is -3.69. The molecule has 1 aromatic heterocycles. The van der Waals surface area contributed by atoms with E-state index in [1.54, 1.807) is 30.3 Å². The average Bonchev–Trinajstić information content (AvgIpc) is 2.89. The van der Waals surface area contributed by atoms with Gasteiger partial charge in [0.2, 0.25) is 0 Å². The van der Waals surface area contributed by atoms with Gasteiger partial charge in [0.25, 0.3) is 0 Å². The molecule has 0 spiro atoms. The van der Waals surface area contributed by atoms with Gasteiger partial charge in [-0.3, -0.25) is 0 Å². The first-order valence-corrected chi connectivity index (χ1v) is 14.4. The number of hydrogen-bond acceptors (Lipinski definition) is 9. The fourth-order valence-corrected chi connectivity index (χ4v) is 6.68. The van der Waals surface area contributed by atoms with Crippen LogP contribution < -0.4 is 16.0 Å². The van der Waals surface area contributed by atoms with Crippen LogP contribution in [0.3, 0.4) is 0 Å². The minimum Gasteiger partial charge on any atom is -0.396 e. The van der Waals surface area contributed by atoms with E-state index in [4.69, 9.17) is 9.72 Å². The number of hydrogen-bond donors (Lipinski definition) is 5. The number of sulfone groups is 1. The Balaban J connectivity index is 1.65. The summed E-state index contributed by atoms with van der Waals surface area (Å²) in [5.41, 5.74) is 1.62. The molecule has 1 saturated heterocycles. The highest BCUT2D eigenvalue weighted by molar-refractivity contribution is 7.92. The Morgan fingerprint density at radius 2 is 1.81 bits per heavy atom. The lowest BCUT2D eigenvalue weighted by Crippen LogP contribution is -2.43. The van der Waals surface area contributed by atoms with Gasteiger partial charge in [-0.1, -0.05) is 0 Å². The highest BCUT2D eigenvalue weighted by atomic mass is 32.2. The monoisotopic (exact) mass is 533 g/mol. The second-order valence-corrected chi connectivity index (χ2v) is 11.8. The van der Waals surface area contributed by atoms with Crippen LogP contribution in [0.1, 0.15) is 44.2 Å². The highest BCUT2D eigenvalue weighted by Gasteiger charge is 2.47. The van der Waals surface area contributed by atoms with Crippen molar-refractivity contribution in [2.45, 2.75) is 49.3 Å². The predicted molar refractivity (Wildman–Crippen MR) is 140 cm³/mol. The molecular formula is C25H35N5O6S. The van der Waals surface area contributed by atoms with Crippen LogP contribution in [0.5, 0.6) is 0 Å². The number of ether oxygens (including phenoxy) is 1. The van der Waals surface area contributed by atoms with Crippen molar-refractivity contribution in [1.82, 2.24) is 15.3 Å². The molecule has 37 heavy (non-hydrogen) atoms. The molecule has 5 N–H and O–H groups in total. The number of carbonyl (C=O) groups is 1. The lowest BCUT2D eigenvalue weighted by atomic mass is 9.93. The van der Waals surface area contributed by atoms with Gasteiger partial charge in [-0.05, 0) is 62.8 Å². The van der Waals surface area contributed by atoms with E-state index in [0.717, 1.165) is 19.3 Å². The summed E-state index contributed by atoms with van der Waals surface area (Å²) in [6, 6.07) is 8.63. The van der Waals surface area contributed by atoms with E-state index in [1.807, 2.05) is 0 Å². The van der Waals surface area contributed by atoms with Crippen LogP contribution in [0.2, 0.25) is 0 Å². The molecule has 2 amide bonds. The second kappa shape index (κ2) is 12.2. The summed E-state index contributed by atoms with van der Waals surface area (Å²) in [6.45, 7) is 0.456. The van der Waals surface area contributed by atoms with Crippen molar-refractivity contribution in [2.24, 2.45) is 0 Å². The molecule has 0 atom stereocenters. The molecule has 0 unspecified atom stereocenters. The Morgan fingerprint density at radius 3 is 2.43 bits per heavy atom. The number of urea groups is 1. The second-order valence-electron chi connectivity index (χ2n) is 9.42. The maximum atomic E-state index is 13.6. The molecule has 2 heterocycles. The predicted octanol–water partition coefficient (Wildman–Crippen LogP) is 2.02. The number of aliphatic hydroxyl groups excluding tert-OH is 2. The SMILES string of the molecule is O=C(Nc1ccc(-c2nc(NCCO)cc(C3(S(=O)(=O)CCCO)CCOCC3)n2)cc1)NC1CCC1. The number of nitrogens with zero attached hydrogens (tertiary/aromatic N) is 2. The van der Waals surface area contributed by atoms with Crippen LogP contribution in [-0.4, -0.2) is 79.4 Å². The molecule has 0 radical (unpaired) electrons. The highest BCUT2D eigenvalue weighted by Crippen LogP contribution is 2.41. The van der Waals surface area contributed by atoms with Crippen molar-refractivity contribution in [2.75, 3.05) is 49.4 Å². The zero-order valence-corrected chi connectivity index (χ0v) is 21.6. The molecule has 1 aliphatic heterocycles. The van der Waals surface area contributed by atoms with Gasteiger partial charge in [0, 0.05) is 49.7 Å². The van der Waals surface area contributed by atoms with Crippen molar-refractivity contribution in [1.29, 1.82) is 0 Å². The molecule has 11 nitrogen and oxygen atoms in total. The number of nitrogens with one attached hydrogen (secondary N) is 3. The first-order valence-electron chi connectivity index (χ1n) is 12.7. The van der Waals surface area contributed by atoms with Crippen molar-refractivity contribution in [3.63, 3.8) is 0 Å². The van der Waals surface area contributed by atoms with Gasteiger partial charge in [0.15, 0.2) is 15.7 Å². The molecule has 1 aromatic carbocycles. The number of amides is 2.